The van der Waals surface area contributed by atoms with Crippen LogP contribution >= 0.6 is 24.0 Å². The van der Waals surface area contributed by atoms with Crippen molar-refractivity contribution in [2.75, 3.05) is 19.7 Å². The van der Waals surface area contributed by atoms with E-state index >= 15 is 0 Å². The number of benzene rings is 2. The van der Waals surface area contributed by atoms with Gasteiger partial charge >= 0.3 is 0 Å². The molecule has 1 amide bonds. The molecule has 0 aliphatic carbocycles. The van der Waals surface area contributed by atoms with E-state index in [1.54, 1.807) is 17.0 Å². The van der Waals surface area contributed by atoms with Crippen molar-refractivity contribution in [3.05, 3.63) is 64.7 Å². The molecule has 0 radical (unpaired) electrons. The molecular formula is C19H22Cl2N2O2. The van der Waals surface area contributed by atoms with Gasteiger partial charge in [0.15, 0.2) is 6.61 Å². The van der Waals surface area contributed by atoms with Crippen molar-refractivity contribution in [3.8, 4) is 5.75 Å². The van der Waals surface area contributed by atoms with E-state index in [-0.39, 0.29) is 36.9 Å². The fourth-order valence-electron chi connectivity index (χ4n) is 3.03. The Morgan fingerprint density at radius 1 is 1.24 bits per heavy atom. The number of ether oxygens (including phenoxy) is 1. The van der Waals surface area contributed by atoms with Crippen LogP contribution in [0.3, 0.4) is 0 Å². The molecule has 3 rings (SSSR count). The molecular weight excluding hydrogens is 359 g/mol. The van der Waals surface area contributed by atoms with Gasteiger partial charge in [-0.2, -0.15) is 0 Å². The zero-order chi connectivity index (χ0) is 17.1. The molecule has 1 fully saturated rings. The number of rotatable bonds is 4. The second-order valence-corrected chi connectivity index (χ2v) is 6.59. The first-order valence-electron chi connectivity index (χ1n) is 8.02. The number of nitrogens with zero attached hydrogens (tertiary/aromatic N) is 1. The van der Waals surface area contributed by atoms with E-state index in [0.717, 1.165) is 5.56 Å². The van der Waals surface area contributed by atoms with Gasteiger partial charge in [0.2, 0.25) is 0 Å². The Morgan fingerprint density at radius 3 is 2.64 bits per heavy atom. The highest BCUT2D eigenvalue weighted by molar-refractivity contribution is 6.31. The summed E-state index contributed by atoms with van der Waals surface area (Å²) in [6.45, 7) is 3.10. The van der Waals surface area contributed by atoms with Crippen LogP contribution in [-0.4, -0.2) is 36.5 Å². The van der Waals surface area contributed by atoms with Crippen LogP contribution < -0.4 is 10.5 Å². The fraction of sp³-hybridized carbons (Fsp3) is 0.316. The predicted molar refractivity (Wildman–Crippen MR) is 103 cm³/mol. The minimum Gasteiger partial charge on any atom is -0.484 e. The Kier molecular flexibility index (Phi) is 6.71. The summed E-state index contributed by atoms with van der Waals surface area (Å²) in [5.74, 6) is 0.776. The van der Waals surface area contributed by atoms with Crippen molar-refractivity contribution < 1.29 is 9.53 Å². The third-order valence-corrected chi connectivity index (χ3v) is 4.86. The van der Waals surface area contributed by atoms with Crippen LogP contribution in [0.5, 0.6) is 5.75 Å². The summed E-state index contributed by atoms with van der Waals surface area (Å²) in [4.78, 5) is 14.2. The first-order valence-corrected chi connectivity index (χ1v) is 8.39. The van der Waals surface area contributed by atoms with Gasteiger partial charge in [-0.1, -0.05) is 41.9 Å². The molecule has 1 aliphatic heterocycles. The molecule has 1 saturated heterocycles. The first kappa shape index (κ1) is 19.6. The highest BCUT2D eigenvalue weighted by Gasteiger charge is 2.33. The molecule has 2 aromatic carbocycles. The van der Waals surface area contributed by atoms with E-state index < -0.39 is 0 Å². The van der Waals surface area contributed by atoms with E-state index in [4.69, 9.17) is 22.1 Å². The summed E-state index contributed by atoms with van der Waals surface area (Å²) in [7, 11) is 0. The molecule has 25 heavy (non-hydrogen) atoms. The molecule has 2 N–H and O–H groups in total. The molecule has 2 aromatic rings. The fourth-order valence-corrected chi connectivity index (χ4v) is 3.15. The van der Waals surface area contributed by atoms with Gasteiger partial charge in [0.1, 0.15) is 5.75 Å². The van der Waals surface area contributed by atoms with Crippen LogP contribution in [-0.2, 0) is 4.79 Å². The average molecular weight is 381 g/mol. The van der Waals surface area contributed by atoms with Crippen LogP contribution in [0.15, 0.2) is 48.5 Å². The number of carbonyl (C=O) groups is 1. The van der Waals surface area contributed by atoms with Crippen molar-refractivity contribution in [1.82, 2.24) is 4.90 Å². The number of nitrogens with two attached hydrogens (primary N) is 1. The van der Waals surface area contributed by atoms with E-state index in [2.05, 4.69) is 12.1 Å². The lowest BCUT2D eigenvalue weighted by Crippen LogP contribution is -2.35. The van der Waals surface area contributed by atoms with Crippen LogP contribution in [0.4, 0.5) is 0 Å². The quantitative estimate of drug-likeness (QED) is 0.883. The molecule has 0 unspecified atom stereocenters. The van der Waals surface area contributed by atoms with Crippen LogP contribution in [0.1, 0.15) is 17.0 Å². The van der Waals surface area contributed by atoms with E-state index in [0.29, 0.717) is 23.9 Å². The van der Waals surface area contributed by atoms with Crippen molar-refractivity contribution in [2.45, 2.75) is 18.9 Å². The van der Waals surface area contributed by atoms with Gasteiger partial charge in [-0.25, -0.2) is 0 Å². The topological polar surface area (TPSA) is 55.6 Å². The second-order valence-electron chi connectivity index (χ2n) is 6.18. The van der Waals surface area contributed by atoms with Gasteiger partial charge in [-0.05, 0) is 36.2 Å². The molecule has 134 valence electrons. The maximum absolute atomic E-state index is 12.4. The monoisotopic (exact) mass is 380 g/mol. The summed E-state index contributed by atoms with van der Waals surface area (Å²) in [6.07, 6.45) is 0. The number of aryl methyl sites for hydroxylation is 1. The Morgan fingerprint density at radius 2 is 1.96 bits per heavy atom. The van der Waals surface area contributed by atoms with Gasteiger partial charge in [0.05, 0.1) is 0 Å². The van der Waals surface area contributed by atoms with Crippen molar-refractivity contribution in [2.24, 2.45) is 5.73 Å². The van der Waals surface area contributed by atoms with Crippen LogP contribution in [0.2, 0.25) is 5.02 Å². The third-order valence-electron chi connectivity index (χ3n) is 4.44. The van der Waals surface area contributed by atoms with E-state index in [9.17, 15) is 4.79 Å². The molecule has 1 heterocycles. The van der Waals surface area contributed by atoms with Gasteiger partial charge < -0.3 is 15.4 Å². The van der Waals surface area contributed by atoms with Crippen molar-refractivity contribution >= 4 is 29.9 Å². The lowest BCUT2D eigenvalue weighted by Gasteiger charge is -2.17. The largest absolute Gasteiger partial charge is 0.484 e. The standard InChI is InChI=1S/C19H21ClN2O2.ClH/c1-13-9-15(7-8-17(13)20)24-12-19(23)22-10-16(18(21)11-22)14-5-3-2-4-6-14;/h2-9,16,18H,10-12,21H2,1H3;1H/t16-,18+;/m0./s1. The number of halogens is 2. The summed E-state index contributed by atoms with van der Waals surface area (Å²) in [6, 6.07) is 15.4. The van der Waals surface area contributed by atoms with Crippen LogP contribution in [0.25, 0.3) is 0 Å². The Bertz CT molecular complexity index is 725. The SMILES string of the molecule is Cc1cc(OCC(=O)N2C[C@@H](N)[C@H](c3ccccc3)C2)ccc1Cl.Cl. The Hall–Kier alpha value is -1.75. The van der Waals surface area contributed by atoms with Crippen LogP contribution in [0, 0.1) is 6.92 Å². The minimum absolute atomic E-state index is 0. The van der Waals surface area contributed by atoms with Gasteiger partial charge in [-0.3, -0.25) is 4.79 Å². The molecule has 6 heteroatoms. The molecule has 0 bridgehead atoms. The van der Waals surface area contributed by atoms with E-state index in [1.165, 1.54) is 5.56 Å². The summed E-state index contributed by atoms with van der Waals surface area (Å²) in [5, 5.41) is 0.685. The zero-order valence-corrected chi connectivity index (χ0v) is 15.6. The normalized spacial score (nSPS) is 19.4. The summed E-state index contributed by atoms with van der Waals surface area (Å²) < 4.78 is 5.60. The number of hydrogen-bond acceptors (Lipinski definition) is 3. The summed E-state index contributed by atoms with van der Waals surface area (Å²) >= 11 is 5.99. The number of likely N-dealkylation sites (tertiary alicyclic amines) is 1. The lowest BCUT2D eigenvalue weighted by molar-refractivity contribution is -0.132. The molecule has 0 aromatic heterocycles. The molecule has 4 nitrogen and oxygen atoms in total. The third kappa shape index (κ3) is 4.66. The lowest BCUT2D eigenvalue weighted by atomic mass is 9.95. The molecule has 0 spiro atoms. The second kappa shape index (κ2) is 8.56. The van der Waals surface area contributed by atoms with Crippen molar-refractivity contribution in [1.29, 1.82) is 0 Å². The average Bonchev–Trinajstić information content (AvgIpc) is 2.98. The highest BCUT2D eigenvalue weighted by atomic mass is 35.5. The van der Waals surface area contributed by atoms with Gasteiger partial charge in [0, 0.05) is 30.1 Å². The molecule has 0 saturated carbocycles. The summed E-state index contributed by atoms with van der Waals surface area (Å²) in [5.41, 5.74) is 8.33. The maximum atomic E-state index is 12.4. The maximum Gasteiger partial charge on any atom is 0.260 e. The highest BCUT2D eigenvalue weighted by Crippen LogP contribution is 2.26. The zero-order valence-electron chi connectivity index (χ0n) is 14.0. The molecule has 1 aliphatic rings. The Labute approximate surface area is 159 Å². The number of hydrogen-bond donors (Lipinski definition) is 1. The van der Waals surface area contributed by atoms with Crippen molar-refractivity contribution in [3.63, 3.8) is 0 Å². The smallest absolute Gasteiger partial charge is 0.260 e. The number of carbonyl (C=O) groups excluding carboxylic acids is 1. The predicted octanol–water partition coefficient (Wildman–Crippen LogP) is 3.40. The molecule has 2 atom stereocenters. The van der Waals surface area contributed by atoms with Gasteiger partial charge in [-0.15, -0.1) is 12.4 Å². The van der Waals surface area contributed by atoms with E-state index in [1.807, 2.05) is 31.2 Å². The Balaban J connectivity index is 0.00000225. The minimum atomic E-state index is -0.0471. The number of amides is 1. The van der Waals surface area contributed by atoms with Gasteiger partial charge in [0.25, 0.3) is 5.91 Å². The first-order chi connectivity index (χ1) is 11.5.